The Morgan fingerprint density at radius 2 is 1.90 bits per heavy atom. The lowest BCUT2D eigenvalue weighted by Crippen LogP contribution is -2.85. The molecule has 0 aliphatic carbocycles. The molecule has 0 saturated carbocycles. The molecule has 0 fully saturated rings. The van der Waals surface area contributed by atoms with Crippen LogP contribution in [-0.4, -0.2) is 32.6 Å². The highest BCUT2D eigenvalue weighted by molar-refractivity contribution is 5.80. The molecule has 2 aromatic heterocycles. The molecule has 0 amide bonds. The summed E-state index contributed by atoms with van der Waals surface area (Å²) in [4.78, 5) is 12.5. The van der Waals surface area contributed by atoms with Crippen molar-refractivity contribution in [3.8, 4) is 0 Å². The fourth-order valence-electron chi connectivity index (χ4n) is 2.35. The van der Waals surface area contributed by atoms with Gasteiger partial charge >= 0.3 is 0 Å². The van der Waals surface area contributed by atoms with Crippen molar-refractivity contribution in [3.05, 3.63) is 48.5 Å². The Morgan fingerprint density at radius 1 is 1.05 bits per heavy atom. The summed E-state index contributed by atoms with van der Waals surface area (Å²) in [6.45, 7) is 2.93. The normalized spacial score (nSPS) is 11.0. The number of quaternary nitrogens is 1. The average Bonchev–Trinajstić information content (AvgIpc) is 2.93. The summed E-state index contributed by atoms with van der Waals surface area (Å²) in [7, 11) is 0. The maximum atomic E-state index is 5.78. The van der Waals surface area contributed by atoms with Gasteiger partial charge in [0.25, 0.3) is 0 Å². The molecule has 0 aliphatic heterocycles. The molecule has 0 spiro atoms. The lowest BCUT2D eigenvalue weighted by atomic mass is 10.1. The number of aromatic nitrogens is 4. The fourth-order valence-corrected chi connectivity index (χ4v) is 2.35. The van der Waals surface area contributed by atoms with Gasteiger partial charge in [0.15, 0.2) is 11.5 Å². The Balaban J connectivity index is 1.50. The van der Waals surface area contributed by atoms with Crippen molar-refractivity contribution in [2.45, 2.75) is 13.0 Å². The molecule has 0 aliphatic rings. The Hall–Kier alpha value is -2.47. The Kier molecular flexibility index (Phi) is 4.07. The van der Waals surface area contributed by atoms with Gasteiger partial charge in [-0.2, -0.15) is 0 Å². The molecular weight excluding hydrogens is 264 g/mol. The molecule has 0 saturated heterocycles. The third-order valence-electron chi connectivity index (χ3n) is 3.48. The van der Waals surface area contributed by atoms with E-state index < -0.39 is 0 Å². The van der Waals surface area contributed by atoms with Gasteiger partial charge in [-0.25, -0.2) is 15.0 Å². The number of imidazole rings is 1. The van der Waals surface area contributed by atoms with Crippen LogP contribution in [0.4, 0.5) is 5.82 Å². The first-order valence-electron chi connectivity index (χ1n) is 7.11. The number of benzene rings is 1. The van der Waals surface area contributed by atoms with Gasteiger partial charge < -0.3 is 15.6 Å². The topological polar surface area (TPSA) is 86.2 Å². The minimum absolute atomic E-state index is 0.437. The van der Waals surface area contributed by atoms with Crippen LogP contribution in [0.2, 0.25) is 0 Å². The van der Waals surface area contributed by atoms with E-state index in [1.165, 1.54) is 11.9 Å². The summed E-state index contributed by atoms with van der Waals surface area (Å²) in [5.41, 5.74) is 8.64. The van der Waals surface area contributed by atoms with Crippen molar-refractivity contribution in [2.24, 2.45) is 0 Å². The maximum Gasteiger partial charge on any atom is 0.165 e. The average molecular weight is 283 g/mol. The molecule has 1 aromatic carbocycles. The number of fused-ring (bicyclic) bond motifs is 1. The number of anilines is 1. The van der Waals surface area contributed by atoms with Gasteiger partial charge in [0.05, 0.1) is 26.0 Å². The second-order valence-electron chi connectivity index (χ2n) is 4.97. The van der Waals surface area contributed by atoms with Gasteiger partial charge in [-0.05, 0) is 5.56 Å². The van der Waals surface area contributed by atoms with Gasteiger partial charge in [-0.1, -0.05) is 30.3 Å². The second-order valence-corrected chi connectivity index (χ2v) is 4.97. The number of hydrogen-bond donors (Lipinski definition) is 2. The highest BCUT2D eigenvalue weighted by Gasteiger charge is 2.07. The highest BCUT2D eigenvalue weighted by Crippen LogP contribution is 2.13. The molecule has 0 atom stereocenters. The summed E-state index contributed by atoms with van der Waals surface area (Å²) >= 11 is 0. The van der Waals surface area contributed by atoms with Crippen LogP contribution in [-0.2, 0) is 13.0 Å². The molecule has 108 valence electrons. The van der Waals surface area contributed by atoms with Crippen molar-refractivity contribution in [1.82, 2.24) is 19.5 Å². The van der Waals surface area contributed by atoms with Crippen molar-refractivity contribution < 1.29 is 5.32 Å². The van der Waals surface area contributed by atoms with Gasteiger partial charge in [0.2, 0.25) is 0 Å². The standard InChI is InChI=1S/C15H18N6/c16-14-13-15(19-10-18-14)21(11-20-13)9-8-17-7-6-12-4-2-1-3-5-12/h1-5,10-11,17H,6-9H2,(H2,16,18,19)/p+1. The van der Waals surface area contributed by atoms with Crippen LogP contribution >= 0.6 is 0 Å². The zero-order valence-electron chi connectivity index (χ0n) is 11.8. The van der Waals surface area contributed by atoms with Crippen LogP contribution in [0.5, 0.6) is 0 Å². The van der Waals surface area contributed by atoms with Crippen LogP contribution in [0.15, 0.2) is 43.0 Å². The van der Waals surface area contributed by atoms with Gasteiger partial charge in [-0.3, -0.25) is 0 Å². The zero-order chi connectivity index (χ0) is 14.5. The van der Waals surface area contributed by atoms with Crippen molar-refractivity contribution in [3.63, 3.8) is 0 Å². The largest absolute Gasteiger partial charge is 0.382 e. The van der Waals surface area contributed by atoms with Crippen LogP contribution in [0.1, 0.15) is 5.56 Å². The summed E-state index contributed by atoms with van der Waals surface area (Å²) in [6, 6.07) is 10.5. The number of rotatable bonds is 6. The number of nitrogens with two attached hydrogens (primary N) is 2. The zero-order valence-corrected chi connectivity index (χ0v) is 11.8. The molecular formula is C15H19N6+. The van der Waals surface area contributed by atoms with E-state index in [2.05, 4.69) is 44.5 Å². The van der Waals surface area contributed by atoms with E-state index in [-0.39, 0.29) is 0 Å². The minimum atomic E-state index is 0.437. The van der Waals surface area contributed by atoms with Gasteiger partial charge in [-0.15, -0.1) is 0 Å². The molecule has 3 aromatic rings. The van der Waals surface area contributed by atoms with Crippen LogP contribution < -0.4 is 11.1 Å². The molecule has 0 bridgehead atoms. The molecule has 3 rings (SSSR count). The predicted octanol–water partition coefficient (Wildman–Crippen LogP) is 0.215. The number of nitrogen functional groups attached to an aromatic ring is 1. The van der Waals surface area contributed by atoms with E-state index in [0.717, 1.165) is 31.7 Å². The van der Waals surface area contributed by atoms with Crippen LogP contribution in [0, 0.1) is 0 Å². The first-order valence-corrected chi connectivity index (χ1v) is 7.11. The summed E-state index contributed by atoms with van der Waals surface area (Å²) in [5, 5.41) is 2.31. The number of nitrogens with zero attached hydrogens (tertiary/aromatic N) is 4. The second kappa shape index (κ2) is 6.32. The van der Waals surface area contributed by atoms with E-state index in [0.29, 0.717) is 11.3 Å². The smallest absolute Gasteiger partial charge is 0.165 e. The minimum Gasteiger partial charge on any atom is -0.382 e. The van der Waals surface area contributed by atoms with Gasteiger partial charge in [0, 0.05) is 6.42 Å². The molecule has 6 nitrogen and oxygen atoms in total. The first kappa shape index (κ1) is 13.5. The quantitative estimate of drug-likeness (QED) is 0.633. The third-order valence-corrected chi connectivity index (χ3v) is 3.48. The predicted molar refractivity (Wildman–Crippen MR) is 81.5 cm³/mol. The molecule has 4 N–H and O–H groups in total. The highest BCUT2D eigenvalue weighted by atomic mass is 15.1. The fraction of sp³-hybridized carbons (Fsp3) is 0.267. The van der Waals surface area contributed by atoms with E-state index in [1.54, 1.807) is 6.33 Å². The Morgan fingerprint density at radius 3 is 2.76 bits per heavy atom. The first-order chi connectivity index (χ1) is 10.3. The van der Waals surface area contributed by atoms with E-state index >= 15 is 0 Å². The lowest BCUT2D eigenvalue weighted by molar-refractivity contribution is -0.655. The van der Waals surface area contributed by atoms with Crippen molar-refractivity contribution in [2.75, 3.05) is 18.8 Å². The molecule has 0 unspecified atom stereocenters. The SMILES string of the molecule is Nc1ncnc2c1ncn2CC[NH2+]CCc1ccccc1. The lowest BCUT2D eigenvalue weighted by Gasteiger charge is -2.04. The van der Waals surface area contributed by atoms with Crippen LogP contribution in [0.25, 0.3) is 11.2 Å². The van der Waals surface area contributed by atoms with Gasteiger partial charge in [0.1, 0.15) is 11.8 Å². The Bertz CT molecular complexity index is 707. The molecule has 0 radical (unpaired) electrons. The number of hydrogen-bond acceptors (Lipinski definition) is 4. The van der Waals surface area contributed by atoms with E-state index in [4.69, 9.17) is 5.73 Å². The van der Waals surface area contributed by atoms with E-state index in [1.807, 2.05) is 10.6 Å². The third kappa shape index (κ3) is 3.17. The summed E-state index contributed by atoms with van der Waals surface area (Å²) in [5.74, 6) is 0.437. The molecule has 6 heteroatoms. The summed E-state index contributed by atoms with van der Waals surface area (Å²) < 4.78 is 2.02. The van der Waals surface area contributed by atoms with E-state index in [9.17, 15) is 0 Å². The Labute approximate surface area is 123 Å². The monoisotopic (exact) mass is 283 g/mol. The van der Waals surface area contributed by atoms with Crippen molar-refractivity contribution >= 4 is 17.0 Å². The molecule has 21 heavy (non-hydrogen) atoms. The molecule has 2 heterocycles. The van der Waals surface area contributed by atoms with Crippen LogP contribution in [0.3, 0.4) is 0 Å². The summed E-state index contributed by atoms with van der Waals surface area (Å²) in [6.07, 6.45) is 4.34. The maximum absolute atomic E-state index is 5.78. The van der Waals surface area contributed by atoms with Crippen molar-refractivity contribution in [1.29, 1.82) is 0 Å².